The predicted octanol–water partition coefficient (Wildman–Crippen LogP) is 3.89. The molecule has 0 unspecified atom stereocenters. The molecule has 0 atom stereocenters. The van der Waals surface area contributed by atoms with Crippen LogP contribution in [0.3, 0.4) is 0 Å². The number of hydrogen-bond donors (Lipinski definition) is 2. The molecule has 2 N–H and O–H groups in total. The van der Waals surface area contributed by atoms with Crippen molar-refractivity contribution in [2.75, 3.05) is 5.32 Å². The average Bonchev–Trinajstić information content (AvgIpc) is 3.10. The number of hydrogen-bond acceptors (Lipinski definition) is 3. The maximum absolute atomic E-state index is 12.3. The molecule has 5 nitrogen and oxygen atoms in total. The van der Waals surface area contributed by atoms with Gasteiger partial charge in [-0.2, -0.15) is 0 Å². The monoisotopic (exact) mass is 339 g/mol. The van der Waals surface area contributed by atoms with Gasteiger partial charge in [-0.3, -0.25) is 4.79 Å². The lowest BCUT2D eigenvalue weighted by Crippen LogP contribution is -2.17. The van der Waals surface area contributed by atoms with Crippen LogP contribution in [0.4, 0.5) is 5.69 Å². The zero-order valence-electron chi connectivity index (χ0n) is 13.9. The van der Waals surface area contributed by atoms with Crippen molar-refractivity contribution < 1.29 is 19.4 Å². The number of carbonyl (C=O) groups excluding carboxylic acids is 1. The molecule has 1 aliphatic carbocycles. The first-order valence-electron chi connectivity index (χ1n) is 8.49. The van der Waals surface area contributed by atoms with Crippen LogP contribution in [-0.4, -0.2) is 23.1 Å². The molecule has 1 amide bonds. The Bertz CT molecular complexity index is 766. The highest BCUT2D eigenvalue weighted by molar-refractivity contribution is 5.94. The Hall–Kier alpha value is -2.82. The van der Waals surface area contributed by atoms with Crippen LogP contribution in [0.1, 0.15) is 41.6 Å². The van der Waals surface area contributed by atoms with Crippen molar-refractivity contribution in [1.29, 1.82) is 0 Å². The zero-order valence-corrected chi connectivity index (χ0v) is 13.9. The van der Waals surface area contributed by atoms with Gasteiger partial charge in [-0.15, -0.1) is 0 Å². The summed E-state index contributed by atoms with van der Waals surface area (Å²) in [6.07, 6.45) is 4.77. The van der Waals surface area contributed by atoms with Crippen LogP contribution in [0.15, 0.2) is 48.5 Å². The van der Waals surface area contributed by atoms with E-state index in [1.807, 2.05) is 24.3 Å². The third kappa shape index (κ3) is 4.59. The van der Waals surface area contributed by atoms with Gasteiger partial charge in [-0.25, -0.2) is 4.79 Å². The summed E-state index contributed by atoms with van der Waals surface area (Å²) in [7, 11) is 0. The van der Waals surface area contributed by atoms with E-state index >= 15 is 0 Å². The van der Waals surface area contributed by atoms with Crippen molar-refractivity contribution in [2.45, 2.75) is 38.2 Å². The van der Waals surface area contributed by atoms with Crippen LogP contribution in [-0.2, 0) is 11.2 Å². The summed E-state index contributed by atoms with van der Waals surface area (Å²) < 4.78 is 6.02. The molecule has 1 saturated carbocycles. The molecule has 0 aliphatic heterocycles. The maximum Gasteiger partial charge on any atom is 0.335 e. The first kappa shape index (κ1) is 17.0. The molecule has 3 rings (SSSR count). The largest absolute Gasteiger partial charge is 0.488 e. The summed E-state index contributed by atoms with van der Waals surface area (Å²) in [6.45, 7) is 0. The van der Waals surface area contributed by atoms with Crippen LogP contribution in [0.2, 0.25) is 0 Å². The number of nitrogens with one attached hydrogen (secondary N) is 1. The van der Waals surface area contributed by atoms with E-state index in [1.165, 1.54) is 25.0 Å². The Balaban J connectivity index is 1.66. The third-order valence-corrected chi connectivity index (χ3v) is 4.30. The van der Waals surface area contributed by atoms with Gasteiger partial charge in [0.2, 0.25) is 5.91 Å². The summed E-state index contributed by atoms with van der Waals surface area (Å²) in [5.41, 5.74) is 1.48. The molecule has 2 aromatic carbocycles. The van der Waals surface area contributed by atoms with Crippen LogP contribution >= 0.6 is 0 Å². The van der Waals surface area contributed by atoms with Gasteiger partial charge in [0, 0.05) is 0 Å². The number of rotatable bonds is 6. The Morgan fingerprint density at radius 1 is 1.08 bits per heavy atom. The molecule has 0 saturated heterocycles. The number of carbonyl (C=O) groups is 2. The number of para-hydroxylation sites is 2. The molecule has 5 heteroatoms. The summed E-state index contributed by atoms with van der Waals surface area (Å²) in [6, 6.07) is 13.8. The minimum atomic E-state index is -1.00. The van der Waals surface area contributed by atoms with E-state index in [0.717, 1.165) is 12.8 Å². The summed E-state index contributed by atoms with van der Waals surface area (Å²) in [4.78, 5) is 23.4. The first-order valence-corrected chi connectivity index (χ1v) is 8.49. The van der Waals surface area contributed by atoms with E-state index in [1.54, 1.807) is 12.1 Å². The number of anilines is 1. The second-order valence-corrected chi connectivity index (χ2v) is 6.25. The van der Waals surface area contributed by atoms with E-state index in [4.69, 9.17) is 9.84 Å². The molecule has 0 spiro atoms. The molecule has 0 heterocycles. The second-order valence-electron chi connectivity index (χ2n) is 6.25. The molecule has 0 bridgehead atoms. The normalized spacial score (nSPS) is 14.2. The third-order valence-electron chi connectivity index (χ3n) is 4.30. The number of carboxylic acid groups (broad SMARTS) is 1. The standard InChI is InChI=1S/C20H21NO4/c22-19(13-14-6-5-7-15(12-14)20(23)24)21-17-10-3-4-11-18(17)25-16-8-1-2-9-16/h3-7,10-12,16H,1-2,8-9,13H2,(H,21,22)(H,23,24). The smallest absolute Gasteiger partial charge is 0.335 e. The highest BCUT2D eigenvalue weighted by atomic mass is 16.5. The van der Waals surface area contributed by atoms with E-state index in [0.29, 0.717) is 17.0 Å². The lowest BCUT2D eigenvalue weighted by molar-refractivity contribution is -0.115. The molecular weight excluding hydrogens is 318 g/mol. The van der Waals surface area contributed by atoms with Gasteiger partial charge in [-0.05, 0) is 55.5 Å². The van der Waals surface area contributed by atoms with E-state index in [-0.39, 0.29) is 24.0 Å². The molecular formula is C20H21NO4. The van der Waals surface area contributed by atoms with Crippen LogP contribution in [0.25, 0.3) is 0 Å². The fourth-order valence-electron chi connectivity index (χ4n) is 3.05. The SMILES string of the molecule is O=C(Cc1cccc(C(=O)O)c1)Nc1ccccc1OC1CCCC1. The van der Waals surface area contributed by atoms with Crippen molar-refractivity contribution in [3.63, 3.8) is 0 Å². The summed E-state index contributed by atoms with van der Waals surface area (Å²) >= 11 is 0. The fourth-order valence-corrected chi connectivity index (χ4v) is 3.05. The summed E-state index contributed by atoms with van der Waals surface area (Å²) in [5, 5.41) is 11.9. The minimum absolute atomic E-state index is 0.110. The topological polar surface area (TPSA) is 75.6 Å². The predicted molar refractivity (Wildman–Crippen MR) is 95.1 cm³/mol. The fraction of sp³-hybridized carbons (Fsp3) is 0.300. The molecule has 130 valence electrons. The molecule has 1 aliphatic rings. The van der Waals surface area contributed by atoms with E-state index < -0.39 is 5.97 Å². The van der Waals surface area contributed by atoms with Crippen molar-refractivity contribution in [3.05, 3.63) is 59.7 Å². The minimum Gasteiger partial charge on any atom is -0.488 e. The Kier molecular flexibility index (Phi) is 5.33. The molecule has 0 aromatic heterocycles. The number of benzene rings is 2. The van der Waals surface area contributed by atoms with Crippen molar-refractivity contribution in [1.82, 2.24) is 0 Å². The average molecular weight is 339 g/mol. The van der Waals surface area contributed by atoms with Crippen LogP contribution in [0, 0.1) is 0 Å². The van der Waals surface area contributed by atoms with Gasteiger partial charge in [0.15, 0.2) is 0 Å². The van der Waals surface area contributed by atoms with Crippen molar-refractivity contribution >= 4 is 17.6 Å². The Morgan fingerprint density at radius 3 is 2.60 bits per heavy atom. The number of amides is 1. The quantitative estimate of drug-likeness (QED) is 0.837. The molecule has 1 fully saturated rings. The molecule has 2 aromatic rings. The van der Waals surface area contributed by atoms with Crippen molar-refractivity contribution in [2.24, 2.45) is 0 Å². The Labute approximate surface area is 146 Å². The number of ether oxygens (including phenoxy) is 1. The van der Waals surface area contributed by atoms with Crippen molar-refractivity contribution in [3.8, 4) is 5.75 Å². The maximum atomic E-state index is 12.3. The zero-order chi connectivity index (χ0) is 17.6. The van der Waals surface area contributed by atoms with Gasteiger partial charge >= 0.3 is 5.97 Å². The highest BCUT2D eigenvalue weighted by Gasteiger charge is 2.18. The summed E-state index contributed by atoms with van der Waals surface area (Å²) in [5.74, 6) is -0.524. The lowest BCUT2D eigenvalue weighted by atomic mass is 10.1. The lowest BCUT2D eigenvalue weighted by Gasteiger charge is -2.17. The van der Waals surface area contributed by atoms with Gasteiger partial charge in [0.25, 0.3) is 0 Å². The molecule has 0 radical (unpaired) electrons. The molecule has 25 heavy (non-hydrogen) atoms. The van der Waals surface area contributed by atoms with E-state index in [9.17, 15) is 9.59 Å². The van der Waals surface area contributed by atoms with Gasteiger partial charge in [-0.1, -0.05) is 24.3 Å². The van der Waals surface area contributed by atoms with Gasteiger partial charge < -0.3 is 15.2 Å². The highest BCUT2D eigenvalue weighted by Crippen LogP contribution is 2.29. The van der Waals surface area contributed by atoms with Crippen LogP contribution in [0.5, 0.6) is 5.75 Å². The van der Waals surface area contributed by atoms with E-state index in [2.05, 4.69) is 5.32 Å². The van der Waals surface area contributed by atoms with Gasteiger partial charge in [0.1, 0.15) is 5.75 Å². The first-order chi connectivity index (χ1) is 12.1. The van der Waals surface area contributed by atoms with Crippen LogP contribution < -0.4 is 10.1 Å². The van der Waals surface area contributed by atoms with Gasteiger partial charge in [0.05, 0.1) is 23.8 Å². The number of carboxylic acids is 1. The second kappa shape index (κ2) is 7.83. The number of aromatic carboxylic acids is 1. The Morgan fingerprint density at radius 2 is 1.84 bits per heavy atom.